The van der Waals surface area contributed by atoms with Gasteiger partial charge in [0.25, 0.3) is 0 Å². The predicted molar refractivity (Wildman–Crippen MR) is 45.0 cm³/mol. The maximum atomic E-state index is 10.9. The Labute approximate surface area is 74.3 Å². The first kappa shape index (κ1) is 8.80. The number of anilines is 1. The second-order valence-corrected chi connectivity index (χ2v) is 2.43. The highest BCUT2D eigenvalue weighted by Gasteiger charge is 2.08. The van der Waals surface area contributed by atoms with Gasteiger partial charge < -0.3 is 10.5 Å². The molecule has 0 aromatic carbocycles. The summed E-state index contributed by atoms with van der Waals surface area (Å²) < 4.78 is 4.43. The van der Waals surface area contributed by atoms with Gasteiger partial charge in [0.1, 0.15) is 5.69 Å². The fourth-order valence-corrected chi connectivity index (χ4v) is 0.817. The third-order valence-electron chi connectivity index (χ3n) is 1.27. The molecule has 4 nitrogen and oxygen atoms in total. The van der Waals surface area contributed by atoms with Crippen molar-refractivity contribution in [3.05, 3.63) is 23.0 Å². The number of nitrogens with zero attached hydrogens (tertiary/aromatic N) is 1. The molecule has 2 N–H and O–H groups in total. The molecule has 0 aliphatic heterocycles. The topological polar surface area (TPSA) is 65.2 Å². The van der Waals surface area contributed by atoms with E-state index in [0.717, 1.165) is 0 Å². The van der Waals surface area contributed by atoms with Gasteiger partial charge in [0.05, 0.1) is 12.8 Å². The number of hydrogen-bond acceptors (Lipinski definition) is 4. The third-order valence-corrected chi connectivity index (χ3v) is 1.57. The number of carbonyl (C=O) groups is 1. The average Bonchev–Trinajstić information content (AvgIpc) is 2.08. The second kappa shape index (κ2) is 3.40. The highest BCUT2D eigenvalue weighted by Crippen LogP contribution is 2.15. The van der Waals surface area contributed by atoms with Crippen molar-refractivity contribution in [3.8, 4) is 0 Å². The number of carbonyl (C=O) groups excluding carboxylic acids is 1. The molecule has 0 aliphatic carbocycles. The fraction of sp³-hybridized carbons (Fsp3) is 0.143. The number of methoxy groups -OCH3 is 1. The Kier molecular flexibility index (Phi) is 2.50. The van der Waals surface area contributed by atoms with Gasteiger partial charge in [-0.05, 0) is 12.1 Å². The number of pyridine rings is 1. The molecule has 0 saturated heterocycles. The smallest absolute Gasteiger partial charge is 0.356 e. The Bertz CT molecular complexity index is 314. The molecule has 5 heteroatoms. The lowest BCUT2D eigenvalue weighted by molar-refractivity contribution is 0.0594. The van der Waals surface area contributed by atoms with Crippen LogP contribution in [0.25, 0.3) is 0 Å². The zero-order chi connectivity index (χ0) is 9.14. The van der Waals surface area contributed by atoms with E-state index in [1.807, 2.05) is 0 Å². The van der Waals surface area contributed by atoms with Crippen molar-refractivity contribution in [2.75, 3.05) is 12.8 Å². The Morgan fingerprint density at radius 3 is 2.83 bits per heavy atom. The number of halogens is 1. The molecular formula is C7H7ClN2O2. The molecule has 0 aliphatic rings. The minimum Gasteiger partial charge on any atom is -0.464 e. The fourth-order valence-electron chi connectivity index (χ4n) is 0.663. The van der Waals surface area contributed by atoms with Crippen molar-refractivity contribution < 1.29 is 9.53 Å². The standard InChI is InChI=1S/C7H7ClN2O2/c1-12-7(11)5-3-2-4(9)6(8)10-5/h2-3H,9H2,1H3. The molecule has 0 amide bonds. The van der Waals surface area contributed by atoms with Crippen molar-refractivity contribution in [3.63, 3.8) is 0 Å². The van der Waals surface area contributed by atoms with Crippen LogP contribution in [0.4, 0.5) is 5.69 Å². The van der Waals surface area contributed by atoms with E-state index in [-0.39, 0.29) is 10.8 Å². The first-order valence-electron chi connectivity index (χ1n) is 3.15. The maximum Gasteiger partial charge on any atom is 0.356 e. The van der Waals surface area contributed by atoms with Crippen LogP contribution in [0.5, 0.6) is 0 Å². The van der Waals surface area contributed by atoms with Crippen molar-refractivity contribution in [2.45, 2.75) is 0 Å². The number of aromatic nitrogens is 1. The van der Waals surface area contributed by atoms with Crippen LogP contribution < -0.4 is 5.73 Å². The molecule has 12 heavy (non-hydrogen) atoms. The van der Waals surface area contributed by atoms with E-state index >= 15 is 0 Å². The van der Waals surface area contributed by atoms with E-state index < -0.39 is 5.97 Å². The van der Waals surface area contributed by atoms with Crippen LogP contribution in [0.3, 0.4) is 0 Å². The van der Waals surface area contributed by atoms with Gasteiger partial charge in [-0.25, -0.2) is 9.78 Å². The molecule has 0 bridgehead atoms. The van der Waals surface area contributed by atoms with E-state index in [9.17, 15) is 4.79 Å². The zero-order valence-corrected chi connectivity index (χ0v) is 7.13. The molecule has 0 spiro atoms. The number of ether oxygens (including phenoxy) is 1. The lowest BCUT2D eigenvalue weighted by Crippen LogP contribution is -2.04. The molecule has 1 heterocycles. The number of rotatable bonds is 1. The van der Waals surface area contributed by atoms with Crippen LogP contribution in [-0.2, 0) is 4.74 Å². The summed E-state index contributed by atoms with van der Waals surface area (Å²) in [7, 11) is 1.27. The van der Waals surface area contributed by atoms with Crippen molar-refractivity contribution in [1.82, 2.24) is 4.98 Å². The van der Waals surface area contributed by atoms with Gasteiger partial charge in [0, 0.05) is 0 Å². The van der Waals surface area contributed by atoms with E-state index in [1.54, 1.807) is 0 Å². The highest BCUT2D eigenvalue weighted by molar-refractivity contribution is 6.31. The third kappa shape index (κ3) is 1.65. The summed E-state index contributed by atoms with van der Waals surface area (Å²) in [5.74, 6) is -0.531. The summed E-state index contributed by atoms with van der Waals surface area (Å²) in [4.78, 5) is 14.6. The zero-order valence-electron chi connectivity index (χ0n) is 6.37. The highest BCUT2D eigenvalue weighted by atomic mass is 35.5. The largest absolute Gasteiger partial charge is 0.464 e. The van der Waals surface area contributed by atoms with Gasteiger partial charge in [-0.1, -0.05) is 11.6 Å². The summed E-state index contributed by atoms with van der Waals surface area (Å²) in [6.45, 7) is 0. The molecule has 0 radical (unpaired) electrons. The number of hydrogen-bond donors (Lipinski definition) is 1. The van der Waals surface area contributed by atoms with Crippen LogP contribution in [-0.4, -0.2) is 18.1 Å². The molecule has 0 unspecified atom stereocenters. The quantitative estimate of drug-likeness (QED) is 0.527. The molecule has 64 valence electrons. The molecule has 1 aromatic heterocycles. The Morgan fingerprint density at radius 1 is 1.67 bits per heavy atom. The van der Waals surface area contributed by atoms with Gasteiger partial charge >= 0.3 is 5.97 Å². The van der Waals surface area contributed by atoms with E-state index in [4.69, 9.17) is 17.3 Å². The summed E-state index contributed by atoms with van der Waals surface area (Å²) >= 11 is 5.57. The van der Waals surface area contributed by atoms with E-state index in [1.165, 1.54) is 19.2 Å². The van der Waals surface area contributed by atoms with Crippen LogP contribution in [0, 0.1) is 0 Å². The van der Waals surface area contributed by atoms with E-state index in [0.29, 0.717) is 5.69 Å². The first-order chi connectivity index (χ1) is 5.65. The molecule has 0 saturated carbocycles. The normalized spacial score (nSPS) is 9.50. The average molecular weight is 187 g/mol. The molecule has 0 fully saturated rings. The number of nitrogens with two attached hydrogens (primary N) is 1. The number of nitrogen functional groups attached to an aromatic ring is 1. The predicted octanol–water partition coefficient (Wildman–Crippen LogP) is 1.10. The number of esters is 1. The van der Waals surface area contributed by atoms with Crippen molar-refractivity contribution >= 4 is 23.3 Å². The molecule has 0 atom stereocenters. The molecule has 1 aromatic rings. The Balaban J connectivity index is 3.05. The van der Waals surface area contributed by atoms with Crippen LogP contribution in [0.15, 0.2) is 12.1 Å². The molecular weight excluding hydrogens is 180 g/mol. The van der Waals surface area contributed by atoms with Crippen LogP contribution >= 0.6 is 11.6 Å². The SMILES string of the molecule is COC(=O)c1ccc(N)c(Cl)n1. The maximum absolute atomic E-state index is 10.9. The van der Waals surface area contributed by atoms with Gasteiger partial charge in [0.15, 0.2) is 5.15 Å². The summed E-state index contributed by atoms with van der Waals surface area (Å²) in [5, 5.41) is 0.109. The van der Waals surface area contributed by atoms with Crippen molar-refractivity contribution in [2.24, 2.45) is 0 Å². The second-order valence-electron chi connectivity index (χ2n) is 2.07. The minimum atomic E-state index is -0.531. The Morgan fingerprint density at radius 2 is 2.33 bits per heavy atom. The lowest BCUT2D eigenvalue weighted by Gasteiger charge is -1.99. The van der Waals surface area contributed by atoms with E-state index in [2.05, 4.69) is 9.72 Å². The molecule has 1 rings (SSSR count). The van der Waals surface area contributed by atoms with Crippen LogP contribution in [0.1, 0.15) is 10.5 Å². The Hall–Kier alpha value is -1.29. The van der Waals surface area contributed by atoms with Crippen LogP contribution in [0.2, 0.25) is 5.15 Å². The van der Waals surface area contributed by atoms with Gasteiger partial charge in [-0.2, -0.15) is 0 Å². The lowest BCUT2D eigenvalue weighted by atomic mass is 10.3. The minimum absolute atomic E-state index is 0.109. The monoisotopic (exact) mass is 186 g/mol. The summed E-state index contributed by atoms with van der Waals surface area (Å²) in [6, 6.07) is 2.95. The van der Waals surface area contributed by atoms with Gasteiger partial charge in [0.2, 0.25) is 0 Å². The van der Waals surface area contributed by atoms with Crippen molar-refractivity contribution in [1.29, 1.82) is 0 Å². The first-order valence-corrected chi connectivity index (χ1v) is 3.53. The summed E-state index contributed by atoms with van der Waals surface area (Å²) in [6.07, 6.45) is 0. The van der Waals surface area contributed by atoms with Gasteiger partial charge in [-0.3, -0.25) is 0 Å². The van der Waals surface area contributed by atoms with Gasteiger partial charge in [-0.15, -0.1) is 0 Å². The summed E-state index contributed by atoms with van der Waals surface area (Å²) in [5.41, 5.74) is 5.87.